The molecule has 1 aromatic carbocycles. The SMILES string of the molecule is CCCCNC(=O)CN(CCN(CCN(CC(=O)O)CC(=O)NCCCC[C@@H]1NC(=O)[C@@H](Cc2ccccc2)NC(=O)[C@H](CC(=O)O)NC(=O)CNC(=O)[C@H](CCCNC(=N)N)NC1=O)CC(=O)O)CC(=O)O. The molecular weight excluding hydrogens is 963 g/mol. The predicted molar refractivity (Wildman–Crippen MR) is 259 cm³/mol. The summed E-state index contributed by atoms with van der Waals surface area (Å²) in [6.07, 6.45) is 0.997. The van der Waals surface area contributed by atoms with Crippen LogP contribution in [0.3, 0.4) is 0 Å². The molecule has 0 aromatic heterocycles. The average molecular weight is 1030 g/mol. The highest BCUT2D eigenvalue weighted by Crippen LogP contribution is 2.10. The molecule has 73 heavy (non-hydrogen) atoms. The van der Waals surface area contributed by atoms with Crippen LogP contribution in [0.15, 0.2) is 30.3 Å². The smallest absolute Gasteiger partial charge is 0.317 e. The number of carboxylic acids is 4. The van der Waals surface area contributed by atoms with Crippen LogP contribution < -0.4 is 48.3 Å². The van der Waals surface area contributed by atoms with Crippen molar-refractivity contribution in [3.63, 3.8) is 0 Å². The molecule has 0 bridgehead atoms. The van der Waals surface area contributed by atoms with E-state index in [1.54, 1.807) is 30.3 Å². The lowest BCUT2D eigenvalue weighted by atomic mass is 10.0. The fraction of sp³-hybridized carbons (Fsp3) is 0.600. The number of rotatable bonds is 32. The molecule has 4 atom stereocenters. The third kappa shape index (κ3) is 27.7. The van der Waals surface area contributed by atoms with Crippen LogP contribution in [0.2, 0.25) is 0 Å². The number of carbonyl (C=O) groups is 11. The summed E-state index contributed by atoms with van der Waals surface area (Å²) in [6, 6.07) is 2.70. The average Bonchev–Trinajstić information content (AvgIpc) is 3.30. The van der Waals surface area contributed by atoms with E-state index in [0.717, 1.165) is 12.8 Å². The molecule has 0 spiro atoms. The molecule has 1 saturated heterocycles. The lowest BCUT2D eigenvalue weighted by molar-refractivity contribution is -0.141. The lowest BCUT2D eigenvalue weighted by Gasteiger charge is -2.28. The summed E-state index contributed by atoms with van der Waals surface area (Å²) < 4.78 is 0. The summed E-state index contributed by atoms with van der Waals surface area (Å²) in [6.45, 7) is -0.656. The van der Waals surface area contributed by atoms with Crippen LogP contribution in [0, 0.1) is 5.41 Å². The Hall–Kier alpha value is -7.46. The Morgan fingerprint density at radius 3 is 1.58 bits per heavy atom. The van der Waals surface area contributed by atoms with Crippen molar-refractivity contribution >= 4 is 71.2 Å². The van der Waals surface area contributed by atoms with Gasteiger partial charge in [0.25, 0.3) is 0 Å². The van der Waals surface area contributed by atoms with Crippen molar-refractivity contribution < 1.29 is 73.2 Å². The van der Waals surface area contributed by atoms with Crippen molar-refractivity contribution in [3.05, 3.63) is 35.9 Å². The fourth-order valence-corrected chi connectivity index (χ4v) is 7.32. The highest BCUT2D eigenvalue weighted by molar-refractivity contribution is 5.98. The Kier molecular flexibility index (Phi) is 28.7. The second kappa shape index (κ2) is 34.0. The van der Waals surface area contributed by atoms with Gasteiger partial charge in [-0.2, -0.15) is 0 Å². The van der Waals surface area contributed by atoms with Crippen molar-refractivity contribution in [2.75, 3.05) is 85.1 Å². The summed E-state index contributed by atoms with van der Waals surface area (Å²) in [5.74, 6) is -11.0. The first-order valence-electron chi connectivity index (χ1n) is 23.8. The molecule has 7 amide bonds. The number of hydrogen-bond acceptors (Lipinski definition) is 15. The molecule has 1 aliphatic heterocycles. The third-order valence-electron chi connectivity index (χ3n) is 11.0. The van der Waals surface area contributed by atoms with Crippen LogP contribution in [0.4, 0.5) is 0 Å². The topological polar surface area (TPSA) is 425 Å². The van der Waals surface area contributed by atoms with E-state index >= 15 is 0 Å². The number of carboxylic acid groups (broad SMARTS) is 4. The van der Waals surface area contributed by atoms with Crippen molar-refractivity contribution in [2.45, 2.75) is 88.9 Å². The molecule has 1 aliphatic rings. The van der Waals surface area contributed by atoms with E-state index in [9.17, 15) is 73.2 Å². The lowest BCUT2D eigenvalue weighted by Crippen LogP contribution is -2.58. The number of unbranched alkanes of at least 4 members (excludes halogenated alkanes) is 2. The summed E-state index contributed by atoms with van der Waals surface area (Å²) in [4.78, 5) is 144. The Balaban J connectivity index is 2.24. The molecule has 1 fully saturated rings. The highest BCUT2D eigenvalue weighted by atomic mass is 16.4. The predicted octanol–water partition coefficient (Wildman–Crippen LogP) is -4.60. The Morgan fingerprint density at radius 2 is 1.04 bits per heavy atom. The van der Waals surface area contributed by atoms with Crippen molar-refractivity contribution in [1.82, 2.24) is 57.2 Å². The van der Waals surface area contributed by atoms with Crippen LogP contribution in [0.1, 0.15) is 63.9 Å². The van der Waals surface area contributed by atoms with Crippen LogP contribution >= 0.6 is 0 Å². The second-order valence-corrected chi connectivity index (χ2v) is 17.2. The van der Waals surface area contributed by atoms with E-state index in [2.05, 4.69) is 42.5 Å². The zero-order valence-corrected chi connectivity index (χ0v) is 41.0. The van der Waals surface area contributed by atoms with Gasteiger partial charge in [-0.15, -0.1) is 0 Å². The highest BCUT2D eigenvalue weighted by Gasteiger charge is 2.33. The van der Waals surface area contributed by atoms with Gasteiger partial charge in [-0.05, 0) is 44.1 Å². The largest absolute Gasteiger partial charge is 0.481 e. The standard InChI is InChI=1S/C45H71N13O15/c1-2-3-14-48-35(60)24-57(27-39(66)67)19-17-56(26-38(64)65)18-20-58(28-40(68)69)25-36(61)49-15-8-7-12-31-42(71)53-30(13-9-16-50-45(46)47)41(70)51-23-34(59)52-33(22-37(62)63)44(73)55-32(43(72)54-31)21-29-10-5-4-6-11-29/h4-6,10-11,30-33H,2-3,7-9,12-28H2,1H3,(H,48,60)(H,49,61)(H,51,70)(H,52,59)(H,53,71)(H,54,72)(H,55,73)(H,62,63)(H,64,65)(H,66,67)(H,68,69)(H4,46,47,50)/t30-,31-,32+,33-/m0/s1. The number of guanidine groups is 1. The van der Waals surface area contributed by atoms with Crippen LogP contribution in [-0.4, -0.2) is 216 Å². The second-order valence-electron chi connectivity index (χ2n) is 17.2. The Labute approximate surface area is 421 Å². The first-order valence-corrected chi connectivity index (χ1v) is 23.8. The zero-order chi connectivity index (χ0) is 54.3. The van der Waals surface area contributed by atoms with Gasteiger partial charge in [0.05, 0.1) is 45.7 Å². The van der Waals surface area contributed by atoms with Gasteiger partial charge in [-0.3, -0.25) is 72.8 Å². The summed E-state index contributed by atoms with van der Waals surface area (Å²) in [5.41, 5.74) is 5.94. The maximum Gasteiger partial charge on any atom is 0.317 e. The molecule has 28 nitrogen and oxygen atoms in total. The summed E-state index contributed by atoms with van der Waals surface area (Å²) in [5, 5.41) is 65.8. The molecule has 0 unspecified atom stereocenters. The number of nitrogens with two attached hydrogens (primary N) is 1. The molecule has 28 heteroatoms. The number of benzene rings is 1. The minimum absolute atomic E-state index is 0.00504. The first kappa shape index (κ1) is 61.7. The van der Waals surface area contributed by atoms with Gasteiger partial charge in [0.15, 0.2) is 5.96 Å². The van der Waals surface area contributed by atoms with E-state index in [0.29, 0.717) is 12.1 Å². The van der Waals surface area contributed by atoms with Crippen molar-refractivity contribution in [3.8, 4) is 0 Å². The van der Waals surface area contributed by atoms with Gasteiger partial charge in [0.2, 0.25) is 41.4 Å². The van der Waals surface area contributed by atoms with Gasteiger partial charge in [-0.1, -0.05) is 43.7 Å². The van der Waals surface area contributed by atoms with E-state index < -0.39 is 129 Å². The number of amides is 7. The van der Waals surface area contributed by atoms with Gasteiger partial charge in [0, 0.05) is 52.2 Å². The maximum absolute atomic E-state index is 14.1. The molecule has 0 saturated carbocycles. The Morgan fingerprint density at radius 1 is 0.575 bits per heavy atom. The van der Waals surface area contributed by atoms with E-state index in [4.69, 9.17) is 11.1 Å². The molecule has 0 radical (unpaired) electrons. The monoisotopic (exact) mass is 1030 g/mol. The van der Waals surface area contributed by atoms with Gasteiger partial charge in [-0.25, -0.2) is 0 Å². The minimum atomic E-state index is -1.67. The van der Waals surface area contributed by atoms with Crippen LogP contribution in [-0.2, 0) is 59.2 Å². The third-order valence-corrected chi connectivity index (χ3v) is 11.0. The minimum Gasteiger partial charge on any atom is -0.481 e. The maximum atomic E-state index is 14.1. The van der Waals surface area contributed by atoms with Crippen LogP contribution in [0.5, 0.6) is 0 Å². The zero-order valence-electron chi connectivity index (χ0n) is 41.0. The quantitative estimate of drug-likeness (QED) is 0.0183. The number of aliphatic carboxylic acids is 4. The number of hydrogen-bond donors (Lipinski definition) is 14. The Bertz CT molecular complexity index is 2050. The summed E-state index contributed by atoms with van der Waals surface area (Å²) in [7, 11) is 0. The number of carbonyl (C=O) groups excluding carboxylic acids is 7. The molecule has 15 N–H and O–H groups in total. The fourth-order valence-electron chi connectivity index (χ4n) is 7.32. The van der Waals surface area contributed by atoms with Gasteiger partial charge in [0.1, 0.15) is 24.2 Å². The molecule has 0 aliphatic carbocycles. The molecule has 1 aromatic rings. The molecule has 406 valence electrons. The number of nitrogens with zero attached hydrogens (tertiary/aromatic N) is 3. The van der Waals surface area contributed by atoms with Crippen molar-refractivity contribution in [2.24, 2.45) is 5.73 Å². The normalized spacial score (nSPS) is 17.7. The van der Waals surface area contributed by atoms with E-state index in [-0.39, 0.29) is 90.3 Å². The van der Waals surface area contributed by atoms with Crippen LogP contribution in [0.25, 0.3) is 0 Å². The van der Waals surface area contributed by atoms with Crippen molar-refractivity contribution in [1.29, 1.82) is 5.41 Å². The van der Waals surface area contributed by atoms with Gasteiger partial charge < -0.3 is 68.7 Å². The first-order chi connectivity index (χ1) is 34.6. The van der Waals surface area contributed by atoms with E-state index in [1.165, 1.54) is 14.7 Å². The molecule has 2 rings (SSSR count). The number of nitrogens with one attached hydrogen (secondary N) is 9. The molecular formula is C45H71N13O15. The van der Waals surface area contributed by atoms with E-state index in [1.807, 2.05) is 6.92 Å². The van der Waals surface area contributed by atoms with Gasteiger partial charge >= 0.3 is 23.9 Å². The molecule has 1 heterocycles. The summed E-state index contributed by atoms with van der Waals surface area (Å²) >= 11 is 0.